The molecule has 0 aromatic carbocycles. The Kier molecular flexibility index (Phi) is 12.7. The van der Waals surface area contributed by atoms with Crippen LogP contribution in [0, 0.1) is 0 Å². The third-order valence-corrected chi connectivity index (χ3v) is 4.86. The summed E-state index contributed by atoms with van der Waals surface area (Å²) in [6.07, 6.45) is -9.65. The van der Waals surface area contributed by atoms with Crippen molar-refractivity contribution in [3.8, 4) is 0 Å². The van der Waals surface area contributed by atoms with Crippen LogP contribution >= 0.6 is 11.8 Å². The van der Waals surface area contributed by atoms with Crippen molar-refractivity contribution in [2.24, 2.45) is 0 Å². The maximum atomic E-state index is 13.6. The van der Waals surface area contributed by atoms with Crippen LogP contribution in [0.2, 0.25) is 0 Å². The molecule has 0 aromatic rings. The Labute approximate surface area is 189 Å². The summed E-state index contributed by atoms with van der Waals surface area (Å²) in [6.45, 7) is 0.208. The molecule has 18 heteroatoms. The van der Waals surface area contributed by atoms with E-state index in [9.17, 15) is 57.1 Å². The van der Waals surface area contributed by atoms with E-state index in [0.29, 0.717) is 11.8 Å². The van der Waals surface area contributed by atoms with Crippen LogP contribution in [0.3, 0.4) is 0 Å². The molecule has 0 saturated heterocycles. The molecule has 0 unspecified atom stereocenters. The van der Waals surface area contributed by atoms with Crippen LogP contribution in [-0.2, 0) is 14.2 Å². The van der Waals surface area contributed by atoms with Gasteiger partial charge in [0.25, 0.3) is 0 Å². The fraction of sp³-hybridized carbons (Fsp3) is 1.00. The second-order valence-corrected chi connectivity index (χ2v) is 7.65. The molecular formula is C16H21F13O4S. The molecule has 4 nitrogen and oxygen atoms in total. The Balaban J connectivity index is 4.63. The first-order valence-electron chi connectivity index (χ1n) is 9.19. The number of aliphatic hydroxyl groups excluding tert-OH is 1. The van der Waals surface area contributed by atoms with E-state index in [4.69, 9.17) is 19.3 Å². The molecule has 0 radical (unpaired) electrons. The van der Waals surface area contributed by atoms with Crippen molar-refractivity contribution < 1.29 is 76.4 Å². The third-order valence-electron chi connectivity index (χ3n) is 3.91. The molecule has 0 heterocycles. The van der Waals surface area contributed by atoms with Gasteiger partial charge in [0.1, 0.15) is 0 Å². The number of ether oxygens (including phenoxy) is 3. The van der Waals surface area contributed by atoms with Crippen molar-refractivity contribution in [3.05, 3.63) is 0 Å². The van der Waals surface area contributed by atoms with Gasteiger partial charge in [-0.1, -0.05) is 0 Å². The topological polar surface area (TPSA) is 47.9 Å². The Morgan fingerprint density at radius 1 is 0.500 bits per heavy atom. The van der Waals surface area contributed by atoms with Gasteiger partial charge in [0.05, 0.1) is 46.2 Å². The van der Waals surface area contributed by atoms with E-state index in [-0.39, 0.29) is 52.0 Å². The molecule has 0 aliphatic heterocycles. The predicted molar refractivity (Wildman–Crippen MR) is 92.3 cm³/mol. The van der Waals surface area contributed by atoms with Gasteiger partial charge in [-0.3, -0.25) is 0 Å². The van der Waals surface area contributed by atoms with Crippen LogP contribution < -0.4 is 0 Å². The lowest BCUT2D eigenvalue weighted by Crippen LogP contribution is -2.70. The van der Waals surface area contributed by atoms with Crippen molar-refractivity contribution in [2.45, 2.75) is 42.2 Å². The minimum absolute atomic E-state index is 0.00349. The van der Waals surface area contributed by atoms with Crippen molar-refractivity contribution in [1.29, 1.82) is 0 Å². The Bertz CT molecular complexity index is 588. The monoisotopic (exact) mass is 556 g/mol. The molecule has 0 amide bonds. The summed E-state index contributed by atoms with van der Waals surface area (Å²) in [6, 6.07) is 0. The summed E-state index contributed by atoms with van der Waals surface area (Å²) in [7, 11) is 0. The lowest BCUT2D eigenvalue weighted by molar-refractivity contribution is -0.439. The van der Waals surface area contributed by atoms with Crippen LogP contribution in [0.25, 0.3) is 0 Å². The van der Waals surface area contributed by atoms with Crippen LogP contribution in [0.15, 0.2) is 0 Å². The molecule has 0 aromatic heterocycles. The molecule has 1 N–H and O–H groups in total. The number of hydrogen-bond donors (Lipinski definition) is 1. The van der Waals surface area contributed by atoms with Gasteiger partial charge in [0.15, 0.2) is 0 Å². The van der Waals surface area contributed by atoms with E-state index < -0.39 is 48.0 Å². The molecule has 0 aliphatic carbocycles. The van der Waals surface area contributed by atoms with Gasteiger partial charge < -0.3 is 19.3 Å². The summed E-state index contributed by atoms with van der Waals surface area (Å²) in [5.74, 6) is -37.9. The highest BCUT2D eigenvalue weighted by molar-refractivity contribution is 7.99. The zero-order valence-electron chi connectivity index (χ0n) is 17.1. The zero-order chi connectivity index (χ0) is 26.9. The highest BCUT2D eigenvalue weighted by Gasteiger charge is 2.90. The van der Waals surface area contributed by atoms with Gasteiger partial charge in [-0.2, -0.15) is 68.8 Å². The Morgan fingerprint density at radius 3 is 1.35 bits per heavy atom. The van der Waals surface area contributed by atoms with Crippen molar-refractivity contribution in [3.63, 3.8) is 0 Å². The number of rotatable bonds is 18. The van der Waals surface area contributed by atoms with E-state index in [1.165, 1.54) is 0 Å². The van der Waals surface area contributed by atoms with Gasteiger partial charge in [-0.05, 0) is 5.75 Å². The first-order chi connectivity index (χ1) is 15.3. The van der Waals surface area contributed by atoms with Crippen LogP contribution in [0.4, 0.5) is 57.1 Å². The zero-order valence-corrected chi connectivity index (χ0v) is 17.9. The highest BCUT2D eigenvalue weighted by atomic mass is 32.2. The van der Waals surface area contributed by atoms with E-state index in [1.54, 1.807) is 0 Å². The number of hydrogen-bond acceptors (Lipinski definition) is 5. The maximum absolute atomic E-state index is 13.6. The fourth-order valence-corrected chi connectivity index (χ4v) is 2.83. The second-order valence-electron chi connectivity index (χ2n) is 6.42. The molecule has 206 valence electrons. The summed E-state index contributed by atoms with van der Waals surface area (Å²) < 4.78 is 183. The van der Waals surface area contributed by atoms with Crippen molar-refractivity contribution in [2.75, 3.05) is 57.8 Å². The first-order valence-corrected chi connectivity index (χ1v) is 10.3. The summed E-state index contributed by atoms with van der Waals surface area (Å²) in [5, 5.41) is 8.44. The molecule has 0 saturated carbocycles. The van der Waals surface area contributed by atoms with Crippen LogP contribution in [0.5, 0.6) is 0 Å². The summed E-state index contributed by atoms with van der Waals surface area (Å²) in [5.41, 5.74) is 0. The average Bonchev–Trinajstić information content (AvgIpc) is 2.70. The predicted octanol–water partition coefficient (Wildman–Crippen LogP) is 4.89. The maximum Gasteiger partial charge on any atom is 0.460 e. The number of halogens is 13. The molecule has 0 bridgehead atoms. The standard InChI is InChI=1S/C16H21F13O4S/c17-11(18,1-9-34-10-8-33-7-6-32-5-4-31-3-2-30)12(19,20)13(21,22)14(23,24)15(25,26)16(27,28)29/h30H,1-10H2. The second kappa shape index (κ2) is 13.0. The third kappa shape index (κ3) is 7.89. The smallest absolute Gasteiger partial charge is 0.394 e. The minimum atomic E-state index is -7.88. The normalized spacial score (nSPS) is 14.6. The fourth-order valence-electron chi connectivity index (χ4n) is 1.99. The molecule has 0 rings (SSSR count). The quantitative estimate of drug-likeness (QED) is 0.193. The molecule has 34 heavy (non-hydrogen) atoms. The first kappa shape index (κ1) is 33.3. The lowest BCUT2D eigenvalue weighted by atomic mass is 9.93. The van der Waals surface area contributed by atoms with Gasteiger partial charge in [-0.15, -0.1) is 0 Å². The van der Waals surface area contributed by atoms with E-state index in [0.717, 1.165) is 0 Å². The molecule has 0 atom stereocenters. The van der Waals surface area contributed by atoms with Crippen molar-refractivity contribution in [1.82, 2.24) is 0 Å². The number of aliphatic hydroxyl groups is 1. The van der Waals surface area contributed by atoms with Crippen LogP contribution in [0.1, 0.15) is 6.42 Å². The van der Waals surface area contributed by atoms with E-state index in [1.807, 2.05) is 0 Å². The lowest BCUT2D eigenvalue weighted by Gasteiger charge is -2.39. The molecular weight excluding hydrogens is 535 g/mol. The number of alkyl halides is 13. The van der Waals surface area contributed by atoms with Crippen LogP contribution in [-0.4, -0.2) is 98.6 Å². The van der Waals surface area contributed by atoms with Gasteiger partial charge in [0, 0.05) is 12.2 Å². The summed E-state index contributed by atoms with van der Waals surface area (Å²) in [4.78, 5) is 0. The summed E-state index contributed by atoms with van der Waals surface area (Å²) >= 11 is 0.418. The Hall–Kier alpha value is -0.720. The average molecular weight is 556 g/mol. The molecule has 0 aliphatic rings. The van der Waals surface area contributed by atoms with Gasteiger partial charge >= 0.3 is 35.8 Å². The number of thioether (sulfide) groups is 1. The van der Waals surface area contributed by atoms with E-state index in [2.05, 4.69) is 0 Å². The Morgan fingerprint density at radius 2 is 0.912 bits per heavy atom. The highest BCUT2D eigenvalue weighted by Crippen LogP contribution is 2.60. The molecule has 0 spiro atoms. The van der Waals surface area contributed by atoms with Gasteiger partial charge in [0.2, 0.25) is 0 Å². The SMILES string of the molecule is OCCOCCOCCOCCSCCC(F)(F)C(F)(F)C(F)(F)C(F)(F)C(F)(F)C(F)(F)F. The van der Waals surface area contributed by atoms with Crippen molar-refractivity contribution >= 4 is 11.8 Å². The minimum Gasteiger partial charge on any atom is -0.394 e. The largest absolute Gasteiger partial charge is 0.460 e. The van der Waals surface area contributed by atoms with E-state index >= 15 is 0 Å². The molecule has 0 fully saturated rings. The van der Waals surface area contributed by atoms with Gasteiger partial charge in [-0.25, -0.2) is 0 Å².